The summed E-state index contributed by atoms with van der Waals surface area (Å²) in [6.07, 6.45) is -4.47. The van der Waals surface area contributed by atoms with Gasteiger partial charge < -0.3 is 10.2 Å². The topological polar surface area (TPSA) is 41.0 Å². The number of nitrogens with zero attached hydrogens (tertiary/aromatic N) is 3. The van der Waals surface area contributed by atoms with Crippen molar-refractivity contribution >= 4 is 16.7 Å². The van der Waals surface area contributed by atoms with Crippen LogP contribution >= 0.6 is 11.5 Å². The molecule has 1 heterocycles. The molecule has 0 fully saturated rings. The minimum Gasteiger partial charge on any atom is -0.357 e. The summed E-state index contributed by atoms with van der Waals surface area (Å²) in [5.41, 5.74) is 0. The highest BCUT2D eigenvalue weighted by atomic mass is 32.1. The van der Waals surface area contributed by atoms with Crippen LogP contribution in [0, 0.1) is 0 Å². The molecule has 0 amide bonds. The van der Waals surface area contributed by atoms with E-state index in [0.29, 0.717) is 0 Å². The molecule has 104 valence electrons. The maximum absolute atomic E-state index is 12.3. The molecular weight excluding hydrogens is 265 g/mol. The summed E-state index contributed by atoms with van der Waals surface area (Å²) in [5.74, 6) is -1.08. The molecule has 0 aliphatic heterocycles. The van der Waals surface area contributed by atoms with Gasteiger partial charge in [-0.15, -0.1) is 0 Å². The van der Waals surface area contributed by atoms with E-state index in [2.05, 4.69) is 19.6 Å². The summed E-state index contributed by atoms with van der Waals surface area (Å²) in [4.78, 5) is 5.62. The van der Waals surface area contributed by atoms with E-state index in [4.69, 9.17) is 0 Å². The Morgan fingerprint density at radius 2 is 1.94 bits per heavy atom. The first-order valence-corrected chi connectivity index (χ1v) is 6.54. The van der Waals surface area contributed by atoms with Gasteiger partial charge in [0.15, 0.2) is 0 Å². The maximum Gasteiger partial charge on any atom is 0.452 e. The van der Waals surface area contributed by atoms with Gasteiger partial charge in [0.05, 0.1) is 0 Å². The fraction of sp³-hybridized carbons (Fsp3) is 0.800. The van der Waals surface area contributed by atoms with Gasteiger partial charge in [-0.1, -0.05) is 13.8 Å². The third kappa shape index (κ3) is 4.41. The number of anilines is 1. The zero-order chi connectivity index (χ0) is 13.8. The molecule has 1 atom stereocenters. The predicted molar refractivity (Wildman–Crippen MR) is 65.8 cm³/mol. The number of likely N-dealkylation sites (N-methyl/N-ethyl adjacent to an activating group) is 1. The van der Waals surface area contributed by atoms with Gasteiger partial charge >= 0.3 is 6.18 Å². The number of hydrogen-bond donors (Lipinski definition) is 1. The highest BCUT2D eigenvalue weighted by molar-refractivity contribution is 7.09. The van der Waals surface area contributed by atoms with Gasteiger partial charge in [-0.3, -0.25) is 0 Å². The third-order valence-corrected chi connectivity index (χ3v) is 3.12. The number of halogens is 3. The SMILES string of the molecule is CCN(CC)CC(C)Nc1nc(C(F)(F)F)ns1. The minimum atomic E-state index is -4.47. The Morgan fingerprint density at radius 3 is 2.39 bits per heavy atom. The van der Waals surface area contributed by atoms with E-state index >= 15 is 0 Å². The molecule has 1 unspecified atom stereocenters. The summed E-state index contributed by atoms with van der Waals surface area (Å²) in [7, 11) is 0. The first kappa shape index (κ1) is 15.2. The van der Waals surface area contributed by atoms with Gasteiger partial charge in [-0.05, 0) is 20.0 Å². The van der Waals surface area contributed by atoms with Crippen molar-refractivity contribution in [1.29, 1.82) is 0 Å². The first-order valence-electron chi connectivity index (χ1n) is 5.76. The van der Waals surface area contributed by atoms with E-state index in [-0.39, 0.29) is 11.2 Å². The van der Waals surface area contributed by atoms with E-state index in [0.717, 1.165) is 31.2 Å². The van der Waals surface area contributed by atoms with E-state index in [9.17, 15) is 13.2 Å². The molecule has 1 aromatic rings. The van der Waals surface area contributed by atoms with Gasteiger partial charge in [0, 0.05) is 24.1 Å². The van der Waals surface area contributed by atoms with Crippen molar-refractivity contribution in [1.82, 2.24) is 14.3 Å². The molecule has 18 heavy (non-hydrogen) atoms. The van der Waals surface area contributed by atoms with Crippen LogP contribution in [0.25, 0.3) is 0 Å². The molecule has 0 bridgehead atoms. The predicted octanol–water partition coefficient (Wildman–Crippen LogP) is 2.70. The van der Waals surface area contributed by atoms with Crippen molar-refractivity contribution in [2.75, 3.05) is 25.0 Å². The van der Waals surface area contributed by atoms with Crippen molar-refractivity contribution in [3.8, 4) is 0 Å². The van der Waals surface area contributed by atoms with Crippen LogP contribution in [0.2, 0.25) is 0 Å². The first-order chi connectivity index (χ1) is 8.36. The average molecular weight is 282 g/mol. The molecule has 0 saturated carbocycles. The number of hydrogen-bond acceptors (Lipinski definition) is 5. The molecule has 1 N–H and O–H groups in total. The Balaban J connectivity index is 2.54. The normalized spacial score (nSPS) is 13.9. The van der Waals surface area contributed by atoms with E-state index in [1.54, 1.807) is 0 Å². The summed E-state index contributed by atoms with van der Waals surface area (Å²) < 4.78 is 40.2. The highest BCUT2D eigenvalue weighted by Gasteiger charge is 2.36. The summed E-state index contributed by atoms with van der Waals surface area (Å²) in [5, 5.41) is 3.15. The lowest BCUT2D eigenvalue weighted by molar-refractivity contribution is -0.144. The van der Waals surface area contributed by atoms with Gasteiger partial charge in [0.1, 0.15) is 0 Å². The monoisotopic (exact) mass is 282 g/mol. The van der Waals surface area contributed by atoms with Crippen molar-refractivity contribution in [3.63, 3.8) is 0 Å². The molecular formula is C10H17F3N4S. The summed E-state index contributed by atoms with van der Waals surface area (Å²) >= 11 is 0.736. The molecule has 1 rings (SSSR count). The van der Waals surface area contributed by atoms with Crippen LogP contribution in [0.15, 0.2) is 0 Å². The van der Waals surface area contributed by atoms with Crippen LogP contribution in [0.1, 0.15) is 26.6 Å². The van der Waals surface area contributed by atoms with Gasteiger partial charge in [0.25, 0.3) is 0 Å². The average Bonchev–Trinajstić information content (AvgIpc) is 2.74. The molecule has 0 aliphatic carbocycles. The quantitative estimate of drug-likeness (QED) is 0.871. The van der Waals surface area contributed by atoms with E-state index in [1.807, 2.05) is 20.8 Å². The Hall–Kier alpha value is -0.890. The van der Waals surface area contributed by atoms with Gasteiger partial charge in [0.2, 0.25) is 11.0 Å². The fourth-order valence-corrected chi connectivity index (χ4v) is 2.22. The van der Waals surface area contributed by atoms with Crippen LogP contribution in [0.4, 0.5) is 18.3 Å². The second-order valence-corrected chi connectivity index (χ2v) is 4.70. The highest BCUT2D eigenvalue weighted by Crippen LogP contribution is 2.29. The van der Waals surface area contributed by atoms with Crippen molar-refractivity contribution in [3.05, 3.63) is 5.82 Å². The Bertz CT molecular complexity index is 362. The number of rotatable bonds is 6. The number of alkyl halides is 3. The zero-order valence-electron chi connectivity index (χ0n) is 10.6. The fourth-order valence-electron chi connectivity index (χ4n) is 1.52. The van der Waals surface area contributed by atoms with Crippen molar-refractivity contribution < 1.29 is 13.2 Å². The maximum atomic E-state index is 12.3. The second-order valence-electron chi connectivity index (χ2n) is 3.95. The molecule has 4 nitrogen and oxygen atoms in total. The van der Waals surface area contributed by atoms with E-state index in [1.165, 1.54) is 0 Å². The molecule has 0 aromatic carbocycles. The Labute approximate surface area is 108 Å². The minimum absolute atomic E-state index is 0.0268. The molecule has 8 heteroatoms. The molecule has 0 radical (unpaired) electrons. The van der Waals surface area contributed by atoms with Crippen LogP contribution < -0.4 is 5.32 Å². The Morgan fingerprint density at radius 1 is 1.33 bits per heavy atom. The molecule has 0 aliphatic rings. The number of nitrogens with one attached hydrogen (secondary N) is 1. The third-order valence-electron chi connectivity index (χ3n) is 2.48. The largest absolute Gasteiger partial charge is 0.452 e. The lowest BCUT2D eigenvalue weighted by Gasteiger charge is -2.22. The lowest BCUT2D eigenvalue weighted by Crippen LogP contribution is -2.34. The smallest absolute Gasteiger partial charge is 0.357 e. The zero-order valence-corrected chi connectivity index (χ0v) is 11.4. The molecule has 0 saturated heterocycles. The number of aromatic nitrogens is 2. The van der Waals surface area contributed by atoms with Crippen molar-refractivity contribution in [2.45, 2.75) is 33.0 Å². The van der Waals surface area contributed by atoms with Crippen LogP contribution in [-0.2, 0) is 6.18 Å². The van der Waals surface area contributed by atoms with Crippen LogP contribution in [0.5, 0.6) is 0 Å². The summed E-state index contributed by atoms with van der Waals surface area (Å²) in [6.45, 7) is 8.58. The standard InChI is InChI=1S/C10H17F3N4S/c1-4-17(5-2)6-7(3)14-9-15-8(16-18-9)10(11,12)13/h7H,4-6H2,1-3H3,(H,14,15,16). The lowest BCUT2D eigenvalue weighted by atomic mass is 10.3. The molecule has 0 spiro atoms. The van der Waals surface area contributed by atoms with E-state index < -0.39 is 12.0 Å². The van der Waals surface area contributed by atoms with Gasteiger partial charge in [-0.25, -0.2) is 0 Å². The second kappa shape index (κ2) is 6.33. The molecule has 1 aromatic heterocycles. The van der Waals surface area contributed by atoms with Crippen molar-refractivity contribution in [2.24, 2.45) is 0 Å². The van der Waals surface area contributed by atoms with Gasteiger partial charge in [-0.2, -0.15) is 22.5 Å². The Kier molecular flexibility index (Phi) is 5.33. The van der Waals surface area contributed by atoms with Crippen LogP contribution in [-0.4, -0.2) is 39.9 Å². The van der Waals surface area contributed by atoms with Crippen LogP contribution in [0.3, 0.4) is 0 Å². The summed E-state index contributed by atoms with van der Waals surface area (Å²) in [6, 6.07) is 0.0268.